The number of methoxy groups -OCH3 is 1. The first kappa shape index (κ1) is 17.6. The summed E-state index contributed by atoms with van der Waals surface area (Å²) in [6, 6.07) is 8.28. The van der Waals surface area contributed by atoms with Crippen LogP contribution in [0.2, 0.25) is 0 Å². The Morgan fingerprint density at radius 2 is 1.92 bits per heavy atom. The van der Waals surface area contributed by atoms with Gasteiger partial charge in [-0.1, -0.05) is 6.07 Å². The van der Waals surface area contributed by atoms with E-state index in [0.29, 0.717) is 36.2 Å². The SMILES string of the molecule is COc1ccc(C2(C#N)CC3CC(C(=O)O)CC3C2)cc1OC(C)C. The summed E-state index contributed by atoms with van der Waals surface area (Å²) in [5.74, 6) is 1.01. The van der Waals surface area contributed by atoms with E-state index in [1.54, 1.807) is 7.11 Å². The smallest absolute Gasteiger partial charge is 0.306 e. The van der Waals surface area contributed by atoms with Gasteiger partial charge in [-0.15, -0.1) is 0 Å². The lowest BCUT2D eigenvalue weighted by atomic mass is 9.77. The Bertz CT molecular complexity index is 692. The molecule has 0 aromatic heterocycles. The molecule has 2 aliphatic carbocycles. The molecule has 2 atom stereocenters. The van der Waals surface area contributed by atoms with Crippen LogP contribution in [0.3, 0.4) is 0 Å². The van der Waals surface area contributed by atoms with Crippen molar-refractivity contribution in [1.29, 1.82) is 5.26 Å². The van der Waals surface area contributed by atoms with Crippen molar-refractivity contribution in [1.82, 2.24) is 0 Å². The maximum atomic E-state index is 11.3. The lowest BCUT2D eigenvalue weighted by Gasteiger charge is -2.25. The average molecular weight is 343 g/mol. The Hall–Kier alpha value is -2.22. The standard InChI is InChI=1S/C20H25NO4/c1-12(2)25-18-8-16(4-5-17(18)24-3)20(11-21)9-14-6-13(19(22)23)7-15(14)10-20/h4-5,8,12-15H,6-7,9-10H2,1-3H3,(H,22,23). The van der Waals surface area contributed by atoms with Crippen LogP contribution in [-0.4, -0.2) is 24.3 Å². The van der Waals surface area contributed by atoms with Gasteiger partial charge in [-0.2, -0.15) is 5.26 Å². The number of fused-ring (bicyclic) bond motifs is 1. The van der Waals surface area contributed by atoms with E-state index in [0.717, 1.165) is 18.4 Å². The van der Waals surface area contributed by atoms with Gasteiger partial charge in [0.25, 0.3) is 0 Å². The molecule has 0 amide bonds. The maximum Gasteiger partial charge on any atom is 0.306 e. The number of nitriles is 1. The topological polar surface area (TPSA) is 79.5 Å². The fourth-order valence-electron chi connectivity index (χ4n) is 4.60. The molecule has 0 heterocycles. The van der Waals surface area contributed by atoms with Gasteiger partial charge in [0.1, 0.15) is 0 Å². The molecule has 3 rings (SSSR count). The predicted molar refractivity (Wildman–Crippen MR) is 92.6 cm³/mol. The number of carboxylic acid groups (broad SMARTS) is 1. The van der Waals surface area contributed by atoms with Crippen LogP contribution in [-0.2, 0) is 10.2 Å². The van der Waals surface area contributed by atoms with Gasteiger partial charge in [0.05, 0.1) is 30.6 Å². The van der Waals surface area contributed by atoms with Crippen LogP contribution in [0, 0.1) is 29.1 Å². The summed E-state index contributed by atoms with van der Waals surface area (Å²) in [6.45, 7) is 3.91. The highest BCUT2D eigenvalue weighted by atomic mass is 16.5. The molecule has 0 saturated heterocycles. The van der Waals surface area contributed by atoms with Crippen molar-refractivity contribution < 1.29 is 19.4 Å². The lowest BCUT2D eigenvalue weighted by molar-refractivity contribution is -0.141. The Balaban J connectivity index is 1.88. The normalized spacial score (nSPS) is 30.8. The van der Waals surface area contributed by atoms with Gasteiger partial charge < -0.3 is 14.6 Å². The Labute approximate surface area is 148 Å². The Morgan fingerprint density at radius 1 is 1.28 bits per heavy atom. The van der Waals surface area contributed by atoms with Gasteiger partial charge in [-0.05, 0) is 69.1 Å². The highest BCUT2D eigenvalue weighted by Gasteiger charge is 2.52. The summed E-state index contributed by atoms with van der Waals surface area (Å²) in [6.07, 6.45) is 2.85. The maximum absolute atomic E-state index is 11.3. The fraction of sp³-hybridized carbons (Fsp3) is 0.600. The quantitative estimate of drug-likeness (QED) is 0.880. The van der Waals surface area contributed by atoms with Crippen molar-refractivity contribution >= 4 is 5.97 Å². The molecule has 0 radical (unpaired) electrons. The van der Waals surface area contributed by atoms with Crippen molar-refractivity contribution in [2.45, 2.75) is 51.0 Å². The van der Waals surface area contributed by atoms with Crippen molar-refractivity contribution in [3.63, 3.8) is 0 Å². The number of nitrogens with zero attached hydrogens (tertiary/aromatic N) is 1. The number of aliphatic carboxylic acids is 1. The minimum absolute atomic E-state index is 0.0152. The van der Waals surface area contributed by atoms with Crippen LogP contribution < -0.4 is 9.47 Å². The van der Waals surface area contributed by atoms with Crippen molar-refractivity contribution in [2.24, 2.45) is 17.8 Å². The van der Waals surface area contributed by atoms with E-state index in [1.807, 2.05) is 32.0 Å². The van der Waals surface area contributed by atoms with Crippen molar-refractivity contribution in [3.8, 4) is 17.6 Å². The summed E-state index contributed by atoms with van der Waals surface area (Å²) in [5.41, 5.74) is 0.396. The first-order valence-electron chi connectivity index (χ1n) is 8.87. The van der Waals surface area contributed by atoms with Crippen LogP contribution in [0.4, 0.5) is 0 Å². The summed E-state index contributed by atoms with van der Waals surface area (Å²) in [5, 5.41) is 19.2. The first-order valence-corrected chi connectivity index (χ1v) is 8.87. The third kappa shape index (κ3) is 3.18. The van der Waals surface area contributed by atoms with Gasteiger partial charge in [-0.3, -0.25) is 4.79 Å². The minimum Gasteiger partial charge on any atom is -0.493 e. The molecule has 2 unspecified atom stereocenters. The highest BCUT2D eigenvalue weighted by molar-refractivity contribution is 5.70. The molecule has 1 aromatic rings. The molecule has 2 fully saturated rings. The van der Waals surface area contributed by atoms with E-state index in [4.69, 9.17) is 9.47 Å². The van der Waals surface area contributed by atoms with E-state index >= 15 is 0 Å². The number of hydrogen-bond donors (Lipinski definition) is 1. The molecule has 5 nitrogen and oxygen atoms in total. The highest BCUT2D eigenvalue weighted by Crippen LogP contribution is 2.56. The molecule has 5 heteroatoms. The van der Waals surface area contributed by atoms with Crippen LogP contribution in [0.1, 0.15) is 45.1 Å². The number of benzene rings is 1. The van der Waals surface area contributed by atoms with Crippen LogP contribution in [0.15, 0.2) is 18.2 Å². The van der Waals surface area contributed by atoms with Gasteiger partial charge >= 0.3 is 5.97 Å². The van der Waals surface area contributed by atoms with Gasteiger partial charge in [0.15, 0.2) is 11.5 Å². The molecule has 1 N–H and O–H groups in total. The third-order valence-corrected chi connectivity index (χ3v) is 5.70. The largest absolute Gasteiger partial charge is 0.493 e. The van der Waals surface area contributed by atoms with E-state index in [2.05, 4.69) is 6.07 Å². The van der Waals surface area contributed by atoms with Crippen LogP contribution in [0.25, 0.3) is 0 Å². The van der Waals surface area contributed by atoms with E-state index < -0.39 is 11.4 Å². The third-order valence-electron chi connectivity index (χ3n) is 5.70. The number of carbonyl (C=O) groups is 1. The van der Waals surface area contributed by atoms with Gasteiger partial charge in [0, 0.05) is 0 Å². The zero-order chi connectivity index (χ0) is 18.2. The Morgan fingerprint density at radius 3 is 2.40 bits per heavy atom. The molecular formula is C20H25NO4. The molecule has 25 heavy (non-hydrogen) atoms. The molecule has 0 spiro atoms. The molecule has 1 aromatic carbocycles. The van der Waals surface area contributed by atoms with Crippen molar-refractivity contribution in [2.75, 3.05) is 7.11 Å². The fourth-order valence-corrected chi connectivity index (χ4v) is 4.60. The number of hydrogen-bond acceptors (Lipinski definition) is 4. The van der Waals surface area contributed by atoms with Crippen LogP contribution in [0.5, 0.6) is 11.5 Å². The van der Waals surface area contributed by atoms with E-state index in [-0.39, 0.29) is 12.0 Å². The van der Waals surface area contributed by atoms with Crippen LogP contribution >= 0.6 is 0 Å². The minimum atomic E-state index is -0.700. The predicted octanol–water partition coefficient (Wildman–Crippen LogP) is 3.76. The molecule has 2 aliphatic rings. The molecule has 0 aliphatic heterocycles. The molecule has 2 saturated carbocycles. The van der Waals surface area contributed by atoms with E-state index in [9.17, 15) is 15.2 Å². The lowest BCUT2D eigenvalue weighted by Crippen LogP contribution is -2.23. The second kappa shape index (κ2) is 6.59. The summed E-state index contributed by atoms with van der Waals surface area (Å²) >= 11 is 0. The second-order valence-corrected chi connectivity index (χ2v) is 7.66. The summed E-state index contributed by atoms with van der Waals surface area (Å²) in [7, 11) is 1.61. The average Bonchev–Trinajstić information content (AvgIpc) is 3.10. The number of ether oxygens (including phenoxy) is 2. The van der Waals surface area contributed by atoms with E-state index in [1.165, 1.54) is 0 Å². The summed E-state index contributed by atoms with van der Waals surface area (Å²) in [4.78, 5) is 11.3. The first-order chi connectivity index (χ1) is 11.9. The summed E-state index contributed by atoms with van der Waals surface area (Å²) < 4.78 is 11.2. The molecule has 134 valence electrons. The van der Waals surface area contributed by atoms with Gasteiger partial charge in [0.2, 0.25) is 0 Å². The molecular weight excluding hydrogens is 318 g/mol. The monoisotopic (exact) mass is 343 g/mol. The number of carboxylic acids is 1. The molecule has 0 bridgehead atoms. The zero-order valence-corrected chi connectivity index (χ0v) is 15.0. The van der Waals surface area contributed by atoms with Crippen molar-refractivity contribution in [3.05, 3.63) is 23.8 Å². The van der Waals surface area contributed by atoms with Gasteiger partial charge in [-0.25, -0.2) is 0 Å². The zero-order valence-electron chi connectivity index (χ0n) is 15.0. The second-order valence-electron chi connectivity index (χ2n) is 7.66. The number of rotatable bonds is 5. The Kier molecular flexibility index (Phi) is 4.64.